The lowest BCUT2D eigenvalue weighted by molar-refractivity contribution is -0.140. The van der Waals surface area contributed by atoms with Crippen LogP contribution in [0.4, 0.5) is 4.79 Å². The third-order valence-corrected chi connectivity index (χ3v) is 4.93. The van der Waals surface area contributed by atoms with E-state index in [2.05, 4.69) is 5.32 Å². The fourth-order valence-corrected chi connectivity index (χ4v) is 3.25. The van der Waals surface area contributed by atoms with Crippen molar-refractivity contribution in [2.45, 2.75) is 13.8 Å². The number of aromatic nitrogens is 1. The number of carboxylic acid groups (broad SMARTS) is 1. The van der Waals surface area contributed by atoms with Crippen molar-refractivity contribution >= 4 is 47.2 Å². The molecular weight excluding hydrogens is 393 g/mol. The molecule has 7 nitrogen and oxygen atoms in total. The second-order valence-corrected chi connectivity index (χ2v) is 6.85. The Kier molecular flexibility index (Phi) is 4.99. The Labute approximate surface area is 164 Å². The Bertz CT molecular complexity index is 1010. The van der Waals surface area contributed by atoms with Crippen molar-refractivity contribution in [3.8, 4) is 5.69 Å². The highest BCUT2D eigenvalue weighted by molar-refractivity contribution is 6.42. The summed E-state index contributed by atoms with van der Waals surface area (Å²) in [5.41, 5.74) is 3.24. The number of halogens is 2. The Morgan fingerprint density at radius 3 is 2.52 bits per heavy atom. The number of amides is 3. The maximum Gasteiger partial charge on any atom is 0.329 e. The Balaban J connectivity index is 1.99. The smallest absolute Gasteiger partial charge is 0.329 e. The summed E-state index contributed by atoms with van der Waals surface area (Å²) >= 11 is 12.1. The first-order valence-electron chi connectivity index (χ1n) is 7.89. The molecule has 1 fully saturated rings. The minimum atomic E-state index is -1.27. The van der Waals surface area contributed by atoms with Crippen molar-refractivity contribution in [1.82, 2.24) is 14.8 Å². The third kappa shape index (κ3) is 3.56. The molecule has 9 heteroatoms. The first kappa shape index (κ1) is 19.0. The Hall–Kier alpha value is -2.77. The molecule has 0 spiro atoms. The van der Waals surface area contributed by atoms with Gasteiger partial charge in [-0.3, -0.25) is 9.59 Å². The van der Waals surface area contributed by atoms with Gasteiger partial charge in [-0.05, 0) is 49.8 Å². The molecule has 3 amide bonds. The number of rotatable bonds is 4. The normalized spacial score (nSPS) is 15.6. The van der Waals surface area contributed by atoms with Gasteiger partial charge < -0.3 is 15.0 Å². The fourth-order valence-electron chi connectivity index (χ4n) is 2.96. The number of carboxylic acids is 1. The summed E-state index contributed by atoms with van der Waals surface area (Å²) in [6, 6.07) is 6.34. The molecule has 1 saturated heterocycles. The number of hydrogen-bond donors (Lipinski definition) is 2. The zero-order valence-corrected chi connectivity index (χ0v) is 15.9. The number of carbonyl (C=O) groups excluding carboxylic acids is 2. The molecule has 2 heterocycles. The summed E-state index contributed by atoms with van der Waals surface area (Å²) in [6.45, 7) is 3.06. The first-order valence-corrected chi connectivity index (χ1v) is 8.65. The van der Waals surface area contributed by atoms with Gasteiger partial charge in [-0.2, -0.15) is 0 Å². The maximum absolute atomic E-state index is 12.3. The fraction of sp³-hybridized carbons (Fsp3) is 0.167. The van der Waals surface area contributed by atoms with Gasteiger partial charge in [0.15, 0.2) is 0 Å². The van der Waals surface area contributed by atoms with Crippen LogP contribution in [0.1, 0.15) is 17.0 Å². The van der Waals surface area contributed by atoms with E-state index in [-0.39, 0.29) is 5.70 Å². The van der Waals surface area contributed by atoms with E-state index in [9.17, 15) is 14.4 Å². The molecule has 0 saturated carbocycles. The molecule has 1 aliphatic heterocycles. The lowest BCUT2D eigenvalue weighted by Crippen LogP contribution is -2.35. The highest BCUT2D eigenvalue weighted by Crippen LogP contribution is 2.28. The van der Waals surface area contributed by atoms with Crippen LogP contribution >= 0.6 is 23.2 Å². The van der Waals surface area contributed by atoms with E-state index in [4.69, 9.17) is 28.3 Å². The zero-order chi connectivity index (χ0) is 19.9. The van der Waals surface area contributed by atoms with E-state index >= 15 is 0 Å². The maximum atomic E-state index is 12.3. The van der Waals surface area contributed by atoms with E-state index in [0.717, 1.165) is 17.1 Å². The molecule has 2 aromatic rings. The second-order valence-electron chi connectivity index (χ2n) is 6.03. The molecule has 0 radical (unpaired) electrons. The van der Waals surface area contributed by atoms with Gasteiger partial charge in [0.25, 0.3) is 5.91 Å². The molecule has 2 N–H and O–H groups in total. The highest BCUT2D eigenvalue weighted by atomic mass is 35.5. The van der Waals surface area contributed by atoms with E-state index in [1.54, 1.807) is 12.1 Å². The Morgan fingerprint density at radius 2 is 1.89 bits per heavy atom. The van der Waals surface area contributed by atoms with E-state index in [1.807, 2.05) is 30.5 Å². The molecule has 0 aliphatic carbocycles. The van der Waals surface area contributed by atoms with Gasteiger partial charge in [-0.25, -0.2) is 9.69 Å². The molecule has 0 unspecified atom stereocenters. The van der Waals surface area contributed by atoms with Crippen molar-refractivity contribution in [3.05, 3.63) is 57.0 Å². The Morgan fingerprint density at radius 1 is 1.19 bits per heavy atom. The molecule has 0 bridgehead atoms. The standard InChI is InChI=1S/C18H15Cl2N3O4/c1-9-5-11(6-15-17(26)22(8-16(24)25)18(27)21-15)10(2)23(9)12-3-4-13(19)14(20)7-12/h3-7H,8H2,1-2H3,(H,21,27)(H,24,25)/b15-6-. The number of nitrogens with one attached hydrogen (secondary N) is 1. The number of carbonyl (C=O) groups is 3. The quantitative estimate of drug-likeness (QED) is 0.600. The van der Waals surface area contributed by atoms with Crippen molar-refractivity contribution in [3.63, 3.8) is 0 Å². The predicted molar refractivity (Wildman–Crippen MR) is 101 cm³/mol. The predicted octanol–water partition coefficient (Wildman–Crippen LogP) is 3.38. The topological polar surface area (TPSA) is 91.6 Å². The molecule has 27 heavy (non-hydrogen) atoms. The van der Waals surface area contributed by atoms with Gasteiger partial charge in [0.05, 0.1) is 10.0 Å². The van der Waals surface area contributed by atoms with Gasteiger partial charge in [0, 0.05) is 17.1 Å². The van der Waals surface area contributed by atoms with Crippen molar-refractivity contribution in [2.24, 2.45) is 0 Å². The van der Waals surface area contributed by atoms with Crippen LogP contribution in [0, 0.1) is 13.8 Å². The van der Waals surface area contributed by atoms with Gasteiger partial charge >= 0.3 is 12.0 Å². The average molecular weight is 408 g/mol. The molecule has 1 aliphatic rings. The number of nitrogens with zero attached hydrogens (tertiary/aromatic N) is 2. The summed E-state index contributed by atoms with van der Waals surface area (Å²) < 4.78 is 1.94. The van der Waals surface area contributed by atoms with Crippen LogP contribution in [0.15, 0.2) is 30.0 Å². The van der Waals surface area contributed by atoms with Crippen molar-refractivity contribution in [1.29, 1.82) is 0 Å². The number of aliphatic carboxylic acids is 1. The first-order chi connectivity index (χ1) is 12.7. The largest absolute Gasteiger partial charge is 0.480 e. The van der Waals surface area contributed by atoms with Crippen LogP contribution < -0.4 is 5.32 Å². The molecular formula is C18H15Cl2N3O4. The van der Waals surface area contributed by atoms with Gasteiger partial charge in [-0.15, -0.1) is 0 Å². The summed E-state index contributed by atoms with van der Waals surface area (Å²) in [7, 11) is 0. The number of urea groups is 1. The minimum Gasteiger partial charge on any atom is -0.480 e. The third-order valence-electron chi connectivity index (χ3n) is 4.19. The van der Waals surface area contributed by atoms with Gasteiger partial charge in [-0.1, -0.05) is 23.2 Å². The average Bonchev–Trinajstić information content (AvgIpc) is 3.01. The summed E-state index contributed by atoms with van der Waals surface area (Å²) in [6.07, 6.45) is 1.53. The number of imide groups is 1. The monoisotopic (exact) mass is 407 g/mol. The lowest BCUT2D eigenvalue weighted by atomic mass is 10.2. The second kappa shape index (κ2) is 7.09. The van der Waals surface area contributed by atoms with Crippen LogP contribution in [0.25, 0.3) is 11.8 Å². The van der Waals surface area contributed by atoms with E-state index in [1.165, 1.54) is 6.08 Å². The van der Waals surface area contributed by atoms with Crippen LogP contribution in [-0.2, 0) is 9.59 Å². The summed E-state index contributed by atoms with van der Waals surface area (Å²) in [5, 5.41) is 12.1. The highest BCUT2D eigenvalue weighted by Gasteiger charge is 2.35. The molecule has 140 valence electrons. The molecule has 0 atom stereocenters. The van der Waals surface area contributed by atoms with Crippen LogP contribution in [0.2, 0.25) is 10.0 Å². The van der Waals surface area contributed by atoms with Crippen molar-refractivity contribution in [2.75, 3.05) is 6.54 Å². The molecule has 1 aromatic carbocycles. The lowest BCUT2D eigenvalue weighted by Gasteiger charge is -2.10. The zero-order valence-electron chi connectivity index (χ0n) is 14.4. The van der Waals surface area contributed by atoms with Crippen LogP contribution in [0.5, 0.6) is 0 Å². The summed E-state index contributed by atoms with van der Waals surface area (Å²) in [5.74, 6) is -1.95. The minimum absolute atomic E-state index is 0.0237. The van der Waals surface area contributed by atoms with Crippen molar-refractivity contribution < 1.29 is 19.5 Å². The van der Waals surface area contributed by atoms with Crippen LogP contribution in [0.3, 0.4) is 0 Å². The SMILES string of the molecule is Cc1cc(/C=C2\NC(=O)N(CC(=O)O)C2=O)c(C)n1-c1ccc(Cl)c(Cl)c1. The van der Waals surface area contributed by atoms with Gasteiger partial charge in [0.2, 0.25) is 0 Å². The van der Waals surface area contributed by atoms with E-state index in [0.29, 0.717) is 20.5 Å². The number of hydrogen-bond acceptors (Lipinski definition) is 3. The van der Waals surface area contributed by atoms with Crippen LogP contribution in [-0.4, -0.2) is 39.0 Å². The van der Waals surface area contributed by atoms with Gasteiger partial charge in [0.1, 0.15) is 12.2 Å². The van der Waals surface area contributed by atoms with E-state index < -0.39 is 24.5 Å². The number of aryl methyl sites for hydroxylation is 1. The number of benzene rings is 1. The molecule has 3 rings (SSSR count). The molecule has 1 aromatic heterocycles. The summed E-state index contributed by atoms with van der Waals surface area (Å²) in [4.78, 5) is 35.6.